The summed E-state index contributed by atoms with van der Waals surface area (Å²) >= 11 is 0. The highest BCUT2D eigenvalue weighted by Crippen LogP contribution is 2.68. The van der Waals surface area contributed by atoms with Gasteiger partial charge in [0.25, 0.3) is 0 Å². The number of hydrogen-bond donors (Lipinski definition) is 0. The van der Waals surface area contributed by atoms with Crippen LogP contribution in [-0.4, -0.2) is 19.7 Å². The molecule has 0 heterocycles. The van der Waals surface area contributed by atoms with E-state index in [0.29, 0.717) is 30.0 Å². The van der Waals surface area contributed by atoms with Gasteiger partial charge >= 0.3 is 0 Å². The van der Waals surface area contributed by atoms with E-state index in [1.807, 2.05) is 6.08 Å². The summed E-state index contributed by atoms with van der Waals surface area (Å²) in [7, 11) is -1.80. The van der Waals surface area contributed by atoms with Crippen LogP contribution < -0.4 is 0 Å². The molecule has 0 aliphatic heterocycles. The minimum atomic E-state index is -1.80. The number of fused-ring (bicyclic) bond motifs is 5. The Hall–Kier alpha value is -0.923. The summed E-state index contributed by atoms with van der Waals surface area (Å²) in [6.45, 7) is 11.4. The Morgan fingerprint density at radius 3 is 2.44 bits per heavy atom. The normalized spacial score (nSPS) is 46.7. The first-order valence-corrected chi connectivity index (χ1v) is 14.3. The average molecular weight is 386 g/mol. The van der Waals surface area contributed by atoms with E-state index < -0.39 is 13.9 Å². The van der Waals surface area contributed by atoms with Gasteiger partial charge < -0.3 is 4.43 Å². The Labute approximate surface area is 165 Å². The maximum atomic E-state index is 12.0. The molecule has 0 bridgehead atoms. The molecule has 0 N–H and O–H groups in total. The smallest absolute Gasteiger partial charge is 0.185 e. The number of nitriles is 1. The SMILES string of the molecule is C[C@]12CCC(=O)C=C1CC[C@H]1[C@H]2CC[C@]2(C)[C@@H]1CC[C@]2(C#N)O[Si](C)(C)C. The van der Waals surface area contributed by atoms with Gasteiger partial charge in [0.1, 0.15) is 5.60 Å². The Bertz CT molecular complexity index is 732. The monoisotopic (exact) mass is 385 g/mol. The number of hydrogen-bond acceptors (Lipinski definition) is 3. The lowest BCUT2D eigenvalue weighted by molar-refractivity contribution is -0.118. The zero-order valence-electron chi connectivity index (χ0n) is 17.7. The molecular formula is C23H35NO2Si. The van der Waals surface area contributed by atoms with Crippen LogP contribution in [0.4, 0.5) is 0 Å². The molecule has 4 aliphatic rings. The Morgan fingerprint density at radius 1 is 1.07 bits per heavy atom. The van der Waals surface area contributed by atoms with E-state index in [2.05, 4.69) is 39.6 Å². The standard InChI is InChI=1S/C23H35NO2Si/c1-21-11-8-17(25)14-16(21)6-7-18-19(21)9-12-22(2)20(18)10-13-23(22,15-24)26-27(3,4)5/h14,18-20H,6-13H2,1-5H3/t18-,19+,20+,21-,22+,23+/m0/s1. The van der Waals surface area contributed by atoms with Crippen LogP contribution in [0.2, 0.25) is 19.6 Å². The topological polar surface area (TPSA) is 50.1 Å². The number of allylic oxidation sites excluding steroid dienone is 1. The van der Waals surface area contributed by atoms with Crippen molar-refractivity contribution in [2.45, 2.75) is 90.5 Å². The lowest BCUT2D eigenvalue weighted by Gasteiger charge is -2.59. The molecule has 3 fully saturated rings. The molecule has 4 aliphatic carbocycles. The third-order valence-electron chi connectivity index (χ3n) is 8.74. The maximum Gasteiger partial charge on any atom is 0.185 e. The van der Waals surface area contributed by atoms with E-state index in [9.17, 15) is 10.1 Å². The zero-order chi connectivity index (χ0) is 19.7. The molecule has 3 saturated carbocycles. The van der Waals surface area contributed by atoms with Crippen LogP contribution in [0.3, 0.4) is 0 Å². The quantitative estimate of drug-likeness (QED) is 0.579. The van der Waals surface area contributed by atoms with Crippen molar-refractivity contribution < 1.29 is 9.22 Å². The summed E-state index contributed by atoms with van der Waals surface area (Å²) in [5.74, 6) is 2.27. The Balaban J connectivity index is 1.68. The number of carbonyl (C=O) groups is 1. The molecule has 4 heteroatoms. The van der Waals surface area contributed by atoms with Crippen molar-refractivity contribution in [3.63, 3.8) is 0 Å². The highest BCUT2D eigenvalue weighted by Gasteiger charge is 2.66. The first kappa shape index (κ1) is 19.4. The molecule has 0 amide bonds. The first-order chi connectivity index (χ1) is 12.5. The molecule has 0 aromatic carbocycles. The fourth-order valence-corrected chi connectivity index (χ4v) is 8.88. The lowest BCUT2D eigenvalue weighted by Crippen LogP contribution is -2.57. The van der Waals surface area contributed by atoms with Crippen molar-refractivity contribution in [1.82, 2.24) is 0 Å². The van der Waals surface area contributed by atoms with Gasteiger partial charge in [0.2, 0.25) is 0 Å². The van der Waals surface area contributed by atoms with E-state index >= 15 is 0 Å². The summed E-state index contributed by atoms with van der Waals surface area (Å²) in [6.07, 6.45) is 10.3. The van der Waals surface area contributed by atoms with Crippen molar-refractivity contribution >= 4 is 14.1 Å². The van der Waals surface area contributed by atoms with Gasteiger partial charge in [-0.05, 0) is 93.8 Å². The summed E-state index contributed by atoms with van der Waals surface area (Å²) < 4.78 is 6.66. The number of carbonyl (C=O) groups excluding carboxylic acids is 1. The van der Waals surface area contributed by atoms with Crippen LogP contribution in [0.15, 0.2) is 11.6 Å². The largest absolute Gasteiger partial charge is 0.399 e. The summed E-state index contributed by atoms with van der Waals surface area (Å²) in [4.78, 5) is 12.0. The average Bonchev–Trinajstić information content (AvgIpc) is 2.87. The second kappa shape index (κ2) is 6.04. The van der Waals surface area contributed by atoms with Gasteiger partial charge in [-0.25, -0.2) is 0 Å². The molecule has 3 nitrogen and oxygen atoms in total. The minimum absolute atomic E-state index is 0.0226. The summed E-state index contributed by atoms with van der Waals surface area (Å²) in [5, 5.41) is 10.2. The molecular weight excluding hydrogens is 350 g/mol. The molecule has 148 valence electrons. The van der Waals surface area contributed by atoms with Gasteiger partial charge in [-0.2, -0.15) is 5.26 Å². The van der Waals surface area contributed by atoms with Crippen LogP contribution in [0.5, 0.6) is 0 Å². The second-order valence-electron chi connectivity index (χ2n) is 11.1. The van der Waals surface area contributed by atoms with Crippen molar-refractivity contribution in [3.05, 3.63) is 11.6 Å². The van der Waals surface area contributed by atoms with Crippen LogP contribution in [-0.2, 0) is 9.22 Å². The number of ketones is 1. The molecule has 0 aromatic heterocycles. The van der Waals surface area contributed by atoms with Crippen LogP contribution in [0, 0.1) is 39.9 Å². The summed E-state index contributed by atoms with van der Waals surface area (Å²) in [6, 6.07) is 2.70. The van der Waals surface area contributed by atoms with Gasteiger partial charge in [0, 0.05) is 11.8 Å². The van der Waals surface area contributed by atoms with Crippen molar-refractivity contribution in [3.8, 4) is 6.07 Å². The van der Waals surface area contributed by atoms with Crippen molar-refractivity contribution in [1.29, 1.82) is 5.26 Å². The predicted molar refractivity (Wildman–Crippen MR) is 109 cm³/mol. The van der Waals surface area contributed by atoms with E-state index in [0.717, 1.165) is 32.1 Å². The molecule has 0 spiro atoms. The van der Waals surface area contributed by atoms with Crippen molar-refractivity contribution in [2.24, 2.45) is 28.6 Å². The molecule has 6 atom stereocenters. The van der Waals surface area contributed by atoms with Gasteiger partial charge in [0.15, 0.2) is 14.1 Å². The fraction of sp³-hybridized carbons (Fsp3) is 0.826. The number of rotatable bonds is 2. The van der Waals surface area contributed by atoms with Crippen LogP contribution in [0.25, 0.3) is 0 Å². The van der Waals surface area contributed by atoms with E-state index in [-0.39, 0.29) is 10.8 Å². The molecule has 0 radical (unpaired) electrons. The minimum Gasteiger partial charge on any atom is -0.399 e. The van der Waals surface area contributed by atoms with Gasteiger partial charge in [0.05, 0.1) is 6.07 Å². The lowest BCUT2D eigenvalue weighted by atomic mass is 9.46. The number of nitrogens with zero attached hydrogens (tertiary/aromatic N) is 1. The van der Waals surface area contributed by atoms with Crippen LogP contribution in [0.1, 0.15) is 65.2 Å². The Kier molecular flexibility index (Phi) is 4.34. The fourth-order valence-electron chi connectivity index (χ4n) is 7.45. The maximum absolute atomic E-state index is 12.0. The molecule has 4 rings (SSSR count). The van der Waals surface area contributed by atoms with E-state index in [1.165, 1.54) is 18.4 Å². The zero-order valence-corrected chi connectivity index (χ0v) is 18.7. The second-order valence-corrected chi connectivity index (χ2v) is 15.5. The Morgan fingerprint density at radius 2 is 1.78 bits per heavy atom. The first-order valence-electron chi connectivity index (χ1n) is 10.9. The molecule has 27 heavy (non-hydrogen) atoms. The highest BCUT2D eigenvalue weighted by molar-refractivity contribution is 6.69. The highest BCUT2D eigenvalue weighted by atomic mass is 28.4. The van der Waals surface area contributed by atoms with Gasteiger partial charge in [-0.3, -0.25) is 4.79 Å². The van der Waals surface area contributed by atoms with Crippen LogP contribution >= 0.6 is 0 Å². The molecule has 0 unspecified atom stereocenters. The summed E-state index contributed by atoms with van der Waals surface area (Å²) in [5.41, 5.74) is 1.01. The molecule has 0 saturated heterocycles. The predicted octanol–water partition coefficient (Wildman–Crippen LogP) is 5.63. The third-order valence-corrected chi connectivity index (χ3v) is 9.70. The third kappa shape index (κ3) is 2.72. The van der Waals surface area contributed by atoms with Crippen molar-refractivity contribution in [2.75, 3.05) is 0 Å². The van der Waals surface area contributed by atoms with Gasteiger partial charge in [-0.1, -0.05) is 19.4 Å². The van der Waals surface area contributed by atoms with E-state index in [1.54, 1.807) is 0 Å². The van der Waals surface area contributed by atoms with Gasteiger partial charge in [-0.15, -0.1) is 0 Å². The van der Waals surface area contributed by atoms with E-state index in [4.69, 9.17) is 4.43 Å². The molecule has 0 aromatic rings.